The molecule has 0 aliphatic heterocycles. The summed E-state index contributed by atoms with van der Waals surface area (Å²) in [7, 11) is -2.07. The van der Waals surface area contributed by atoms with Crippen LogP contribution in [0.15, 0.2) is 35.2 Å². The van der Waals surface area contributed by atoms with Crippen molar-refractivity contribution in [1.29, 1.82) is 0 Å². The second kappa shape index (κ2) is 6.62. The minimum Gasteiger partial charge on any atom is -0.472 e. The highest BCUT2D eigenvalue weighted by Gasteiger charge is 2.41. The average Bonchev–Trinajstić information content (AvgIpc) is 2.87. The number of hydrogen-bond donors (Lipinski definition) is 0. The highest BCUT2D eigenvalue weighted by atomic mass is 28.4. The van der Waals surface area contributed by atoms with Gasteiger partial charge in [-0.1, -0.05) is 27.4 Å². The number of ether oxygens (including phenoxy) is 1. The van der Waals surface area contributed by atoms with E-state index in [0.29, 0.717) is 12.2 Å². The molecule has 21 heavy (non-hydrogen) atoms. The van der Waals surface area contributed by atoms with Gasteiger partial charge in [0.05, 0.1) is 24.7 Å². The van der Waals surface area contributed by atoms with Crippen molar-refractivity contribution in [2.75, 3.05) is 6.61 Å². The Bertz CT molecular complexity index is 483. The van der Waals surface area contributed by atoms with E-state index >= 15 is 0 Å². The fourth-order valence-electron chi connectivity index (χ4n) is 1.57. The van der Waals surface area contributed by atoms with Gasteiger partial charge in [0.25, 0.3) is 0 Å². The zero-order chi connectivity index (χ0) is 16.3. The monoisotopic (exact) mass is 310 g/mol. The summed E-state index contributed by atoms with van der Waals surface area (Å²) in [6.45, 7) is 16.7. The molecule has 1 aromatic heterocycles. The zero-order valence-electron chi connectivity index (χ0n) is 13.9. The Morgan fingerprint density at radius 3 is 2.48 bits per heavy atom. The van der Waals surface area contributed by atoms with E-state index in [-0.39, 0.29) is 5.04 Å². The largest absolute Gasteiger partial charge is 0.472 e. The Morgan fingerprint density at radius 2 is 2.05 bits per heavy atom. The predicted molar refractivity (Wildman–Crippen MR) is 85.5 cm³/mol. The predicted octanol–water partition coefficient (Wildman–Crippen LogP) is 4.46. The first-order valence-electron chi connectivity index (χ1n) is 7.16. The average molecular weight is 310 g/mol. The Kier molecular flexibility index (Phi) is 5.59. The van der Waals surface area contributed by atoms with Crippen molar-refractivity contribution in [3.63, 3.8) is 0 Å². The van der Waals surface area contributed by atoms with Crippen LogP contribution in [-0.4, -0.2) is 20.9 Å². The summed E-state index contributed by atoms with van der Waals surface area (Å²) in [5, 5.41) is 0.0317. The van der Waals surface area contributed by atoms with Crippen molar-refractivity contribution < 1.29 is 18.4 Å². The van der Waals surface area contributed by atoms with Crippen LogP contribution in [0.4, 0.5) is 0 Å². The quantitative estimate of drug-likeness (QED) is 0.442. The van der Waals surface area contributed by atoms with Crippen LogP contribution in [0.2, 0.25) is 18.1 Å². The van der Waals surface area contributed by atoms with Gasteiger partial charge in [0.1, 0.15) is 6.10 Å². The van der Waals surface area contributed by atoms with Crippen LogP contribution in [0.1, 0.15) is 39.4 Å². The van der Waals surface area contributed by atoms with Gasteiger partial charge < -0.3 is 13.6 Å². The SMILES string of the molecule is C=C(C(=O)OCC)C(O[Si](C)(C)C(C)(C)C)c1ccoc1. The highest BCUT2D eigenvalue weighted by molar-refractivity contribution is 6.74. The lowest BCUT2D eigenvalue weighted by Crippen LogP contribution is -2.42. The molecule has 0 N–H and O–H groups in total. The third-order valence-electron chi connectivity index (χ3n) is 3.92. The topological polar surface area (TPSA) is 48.7 Å². The van der Waals surface area contributed by atoms with Crippen LogP contribution < -0.4 is 0 Å². The van der Waals surface area contributed by atoms with Crippen LogP contribution in [0.25, 0.3) is 0 Å². The molecule has 1 aromatic rings. The third kappa shape index (κ3) is 4.31. The molecule has 0 radical (unpaired) electrons. The van der Waals surface area contributed by atoms with Crippen LogP contribution in [-0.2, 0) is 14.0 Å². The highest BCUT2D eigenvalue weighted by Crippen LogP contribution is 2.41. The van der Waals surface area contributed by atoms with Gasteiger partial charge in [0.15, 0.2) is 8.32 Å². The molecule has 0 amide bonds. The molecule has 1 rings (SSSR count). The van der Waals surface area contributed by atoms with E-state index in [1.165, 1.54) is 0 Å². The van der Waals surface area contributed by atoms with Gasteiger partial charge in [-0.25, -0.2) is 4.79 Å². The van der Waals surface area contributed by atoms with Crippen LogP contribution in [0, 0.1) is 0 Å². The molecule has 4 nitrogen and oxygen atoms in total. The molecule has 0 saturated heterocycles. The Labute approximate surface area is 128 Å². The van der Waals surface area contributed by atoms with E-state index in [9.17, 15) is 4.79 Å². The molecule has 0 saturated carbocycles. The summed E-state index contributed by atoms with van der Waals surface area (Å²) >= 11 is 0. The number of furan rings is 1. The maximum atomic E-state index is 12.0. The Balaban J connectivity index is 3.06. The minimum atomic E-state index is -2.07. The number of hydrogen-bond acceptors (Lipinski definition) is 4. The van der Waals surface area contributed by atoms with Gasteiger partial charge in [0, 0.05) is 5.56 Å². The summed E-state index contributed by atoms with van der Waals surface area (Å²) in [5.74, 6) is -0.428. The third-order valence-corrected chi connectivity index (χ3v) is 8.36. The van der Waals surface area contributed by atoms with Gasteiger partial charge in [-0.3, -0.25) is 0 Å². The summed E-state index contributed by atoms with van der Waals surface area (Å²) < 4.78 is 16.5. The summed E-state index contributed by atoms with van der Waals surface area (Å²) in [4.78, 5) is 12.0. The van der Waals surface area contributed by atoms with E-state index in [4.69, 9.17) is 13.6 Å². The molecule has 0 spiro atoms. The molecular formula is C16H26O4Si. The summed E-state index contributed by atoms with van der Waals surface area (Å²) in [6, 6.07) is 1.79. The number of rotatable bonds is 6. The van der Waals surface area contributed by atoms with Gasteiger partial charge in [-0.15, -0.1) is 0 Å². The molecule has 1 unspecified atom stereocenters. The first-order chi connectivity index (χ1) is 9.60. The van der Waals surface area contributed by atoms with Crippen molar-refractivity contribution in [1.82, 2.24) is 0 Å². The molecule has 0 aromatic carbocycles. The van der Waals surface area contributed by atoms with Crippen LogP contribution in [0.3, 0.4) is 0 Å². The van der Waals surface area contributed by atoms with Gasteiger partial charge in [0.2, 0.25) is 0 Å². The van der Waals surface area contributed by atoms with Crippen molar-refractivity contribution in [2.24, 2.45) is 0 Å². The van der Waals surface area contributed by atoms with E-state index < -0.39 is 20.4 Å². The van der Waals surface area contributed by atoms with E-state index in [1.807, 2.05) is 0 Å². The lowest BCUT2D eigenvalue weighted by atomic mass is 10.1. The molecule has 0 bridgehead atoms. The fourth-order valence-corrected chi connectivity index (χ4v) is 2.79. The van der Waals surface area contributed by atoms with Crippen LogP contribution in [0.5, 0.6) is 0 Å². The molecule has 1 atom stereocenters. The zero-order valence-corrected chi connectivity index (χ0v) is 14.9. The standard InChI is InChI=1S/C16H26O4Si/c1-8-19-15(17)12(2)14(13-9-10-18-11-13)20-21(6,7)16(3,4)5/h9-11,14H,2,8H2,1,3-7H3. The van der Waals surface area contributed by atoms with E-state index in [0.717, 1.165) is 5.56 Å². The Morgan fingerprint density at radius 1 is 1.43 bits per heavy atom. The lowest BCUT2D eigenvalue weighted by Gasteiger charge is -2.39. The smallest absolute Gasteiger partial charge is 0.336 e. The van der Waals surface area contributed by atoms with Gasteiger partial charge in [-0.2, -0.15) is 0 Å². The van der Waals surface area contributed by atoms with Crippen molar-refractivity contribution in [2.45, 2.75) is 51.9 Å². The van der Waals surface area contributed by atoms with Crippen molar-refractivity contribution in [3.8, 4) is 0 Å². The van der Waals surface area contributed by atoms with Crippen molar-refractivity contribution >= 4 is 14.3 Å². The number of esters is 1. The van der Waals surface area contributed by atoms with Crippen LogP contribution >= 0.6 is 0 Å². The molecule has 118 valence electrons. The second-order valence-electron chi connectivity index (χ2n) is 6.56. The molecule has 5 heteroatoms. The summed E-state index contributed by atoms with van der Waals surface area (Å²) in [6.07, 6.45) is 2.63. The number of carbonyl (C=O) groups excluding carboxylic acids is 1. The fraction of sp³-hybridized carbons (Fsp3) is 0.562. The van der Waals surface area contributed by atoms with Gasteiger partial charge in [-0.05, 0) is 31.1 Å². The summed E-state index contributed by atoms with van der Waals surface area (Å²) in [5.41, 5.74) is 1.10. The lowest BCUT2D eigenvalue weighted by molar-refractivity contribution is -0.139. The van der Waals surface area contributed by atoms with E-state index in [2.05, 4.69) is 40.4 Å². The first-order valence-corrected chi connectivity index (χ1v) is 10.1. The Hall–Kier alpha value is -1.33. The molecular weight excluding hydrogens is 284 g/mol. The maximum Gasteiger partial charge on any atom is 0.336 e. The molecule has 0 fully saturated rings. The molecule has 0 aliphatic rings. The van der Waals surface area contributed by atoms with Crippen molar-refractivity contribution in [3.05, 3.63) is 36.3 Å². The van der Waals surface area contributed by atoms with E-state index in [1.54, 1.807) is 25.5 Å². The second-order valence-corrected chi connectivity index (χ2v) is 11.3. The maximum absolute atomic E-state index is 12.0. The molecule has 0 aliphatic carbocycles. The first kappa shape index (κ1) is 17.7. The van der Waals surface area contributed by atoms with Gasteiger partial charge >= 0.3 is 5.97 Å². The normalized spacial score (nSPS) is 13.8. The molecule has 1 heterocycles. The minimum absolute atomic E-state index is 0.0317. The number of carbonyl (C=O) groups is 1.